The van der Waals surface area contributed by atoms with E-state index in [9.17, 15) is 4.79 Å². The fraction of sp³-hybridized carbons (Fsp3) is 0.174. The molecular formula is C23H22N4O2S2. The van der Waals surface area contributed by atoms with Crippen LogP contribution in [0.4, 0.5) is 5.69 Å². The quantitative estimate of drug-likeness (QED) is 0.389. The zero-order valence-electron chi connectivity index (χ0n) is 17.5. The van der Waals surface area contributed by atoms with Crippen molar-refractivity contribution in [1.82, 2.24) is 14.8 Å². The van der Waals surface area contributed by atoms with E-state index in [1.54, 1.807) is 18.4 Å². The lowest BCUT2D eigenvalue weighted by molar-refractivity contribution is -0.113. The minimum Gasteiger partial charge on any atom is -0.497 e. The zero-order chi connectivity index (χ0) is 21.8. The van der Waals surface area contributed by atoms with E-state index < -0.39 is 0 Å². The number of rotatable bonds is 7. The smallest absolute Gasteiger partial charge is 0.234 e. The van der Waals surface area contributed by atoms with Gasteiger partial charge in [0.05, 0.1) is 12.9 Å². The van der Waals surface area contributed by atoms with Crippen LogP contribution in [0.25, 0.3) is 22.5 Å². The van der Waals surface area contributed by atoms with Crippen LogP contribution in [-0.2, 0) is 11.8 Å². The number of nitrogens with zero attached hydrogens (tertiary/aromatic N) is 3. The average molecular weight is 451 g/mol. The number of aromatic nitrogens is 3. The van der Waals surface area contributed by atoms with Gasteiger partial charge in [-0.1, -0.05) is 42.1 Å². The monoisotopic (exact) mass is 450 g/mol. The van der Waals surface area contributed by atoms with Crippen molar-refractivity contribution in [1.29, 1.82) is 0 Å². The number of hydrogen-bond donors (Lipinski definition) is 1. The Hall–Kier alpha value is -3.10. The van der Waals surface area contributed by atoms with E-state index in [1.807, 2.05) is 54.1 Å². The molecule has 0 spiro atoms. The van der Waals surface area contributed by atoms with Crippen molar-refractivity contribution in [3.05, 3.63) is 64.9 Å². The Morgan fingerprint density at radius 2 is 1.87 bits per heavy atom. The molecule has 0 bridgehead atoms. The highest BCUT2D eigenvalue weighted by Gasteiger charge is 2.19. The largest absolute Gasteiger partial charge is 0.497 e. The van der Waals surface area contributed by atoms with Crippen LogP contribution < -0.4 is 10.1 Å². The molecule has 0 radical (unpaired) electrons. The van der Waals surface area contributed by atoms with E-state index in [0.717, 1.165) is 28.4 Å². The molecule has 2 aromatic heterocycles. The summed E-state index contributed by atoms with van der Waals surface area (Å²) in [5.41, 5.74) is 4.12. The summed E-state index contributed by atoms with van der Waals surface area (Å²) in [6, 6.07) is 17.5. The molecule has 0 saturated carbocycles. The summed E-state index contributed by atoms with van der Waals surface area (Å²) in [5.74, 6) is 1.68. The van der Waals surface area contributed by atoms with Gasteiger partial charge >= 0.3 is 0 Å². The molecule has 0 atom stereocenters. The molecule has 2 aromatic carbocycles. The van der Waals surface area contributed by atoms with Crippen LogP contribution in [0.5, 0.6) is 5.75 Å². The number of anilines is 1. The molecule has 0 aliphatic rings. The summed E-state index contributed by atoms with van der Waals surface area (Å²) in [4.78, 5) is 13.6. The second kappa shape index (κ2) is 9.36. The highest BCUT2D eigenvalue weighted by molar-refractivity contribution is 7.99. The number of ether oxygens (including phenoxy) is 1. The van der Waals surface area contributed by atoms with E-state index in [0.29, 0.717) is 5.16 Å². The first-order chi connectivity index (χ1) is 15.1. The Kier molecular flexibility index (Phi) is 6.39. The molecule has 1 N–H and O–H groups in total. The summed E-state index contributed by atoms with van der Waals surface area (Å²) >= 11 is 3.06. The predicted molar refractivity (Wildman–Crippen MR) is 127 cm³/mol. The first kappa shape index (κ1) is 21.1. The lowest BCUT2D eigenvalue weighted by atomic mass is 10.0. The Labute approximate surface area is 189 Å². The van der Waals surface area contributed by atoms with Crippen molar-refractivity contribution in [2.75, 3.05) is 18.2 Å². The van der Waals surface area contributed by atoms with Crippen molar-refractivity contribution in [2.24, 2.45) is 7.05 Å². The van der Waals surface area contributed by atoms with Gasteiger partial charge < -0.3 is 14.6 Å². The number of carbonyl (C=O) groups excluding carboxylic acids is 1. The van der Waals surface area contributed by atoms with Gasteiger partial charge in [0, 0.05) is 34.1 Å². The van der Waals surface area contributed by atoms with Crippen molar-refractivity contribution in [3.63, 3.8) is 0 Å². The molecule has 0 aliphatic carbocycles. The van der Waals surface area contributed by atoms with Crippen LogP contribution in [0, 0.1) is 6.92 Å². The molecule has 0 unspecified atom stereocenters. The molecule has 31 heavy (non-hydrogen) atoms. The lowest BCUT2D eigenvalue weighted by Gasteiger charge is -2.08. The number of thioether (sulfide) groups is 1. The lowest BCUT2D eigenvalue weighted by Crippen LogP contribution is -2.14. The molecular weight excluding hydrogens is 428 g/mol. The topological polar surface area (TPSA) is 69.0 Å². The Morgan fingerprint density at radius 3 is 2.58 bits per heavy atom. The third-order valence-corrected chi connectivity index (χ3v) is 6.75. The van der Waals surface area contributed by atoms with Gasteiger partial charge in [0.1, 0.15) is 5.75 Å². The number of methoxy groups -OCH3 is 1. The molecule has 1 amide bonds. The van der Waals surface area contributed by atoms with E-state index in [4.69, 9.17) is 4.74 Å². The maximum Gasteiger partial charge on any atom is 0.234 e. The summed E-state index contributed by atoms with van der Waals surface area (Å²) in [7, 11) is 3.54. The minimum atomic E-state index is -0.101. The Morgan fingerprint density at radius 1 is 1.13 bits per heavy atom. The standard InChI is InChI=1S/C23H22N4O2S2/c1-15-21(16-7-5-4-6-8-16)19(13-30-15)22-25-26-23(27(22)2)31-14-20(28)24-17-9-11-18(29-3)12-10-17/h4-13H,14H2,1-3H3,(H,24,28). The van der Waals surface area contributed by atoms with E-state index in [2.05, 4.69) is 40.0 Å². The van der Waals surface area contributed by atoms with Crippen LogP contribution in [-0.4, -0.2) is 33.5 Å². The number of aryl methyl sites for hydroxylation is 1. The Bertz CT molecular complexity index is 1180. The first-order valence-electron chi connectivity index (χ1n) is 9.67. The molecule has 0 fully saturated rings. The van der Waals surface area contributed by atoms with Gasteiger partial charge in [0.25, 0.3) is 0 Å². The number of nitrogens with one attached hydrogen (secondary N) is 1. The SMILES string of the molecule is COc1ccc(NC(=O)CSc2nnc(-c3csc(C)c3-c3ccccc3)n2C)cc1. The molecule has 4 rings (SSSR count). The maximum atomic E-state index is 12.4. The summed E-state index contributed by atoms with van der Waals surface area (Å²) in [6.45, 7) is 2.12. The number of carbonyl (C=O) groups is 1. The molecule has 0 saturated heterocycles. The van der Waals surface area contributed by atoms with E-state index in [1.165, 1.54) is 22.2 Å². The Balaban J connectivity index is 1.47. The third kappa shape index (κ3) is 4.65. The van der Waals surface area contributed by atoms with E-state index in [-0.39, 0.29) is 11.7 Å². The highest BCUT2D eigenvalue weighted by Crippen LogP contribution is 2.38. The van der Waals surface area contributed by atoms with Gasteiger partial charge in [0.2, 0.25) is 5.91 Å². The number of thiophene rings is 1. The normalized spacial score (nSPS) is 10.8. The molecule has 158 valence electrons. The van der Waals surface area contributed by atoms with Gasteiger partial charge in [-0.3, -0.25) is 4.79 Å². The second-order valence-corrected chi connectivity index (χ2v) is 8.90. The van der Waals surface area contributed by atoms with Crippen molar-refractivity contribution < 1.29 is 9.53 Å². The summed E-state index contributed by atoms with van der Waals surface area (Å²) < 4.78 is 7.08. The highest BCUT2D eigenvalue weighted by atomic mass is 32.2. The van der Waals surface area contributed by atoms with Crippen LogP contribution in [0.2, 0.25) is 0 Å². The maximum absolute atomic E-state index is 12.4. The van der Waals surface area contributed by atoms with Crippen LogP contribution in [0.3, 0.4) is 0 Å². The average Bonchev–Trinajstić information content (AvgIpc) is 3.35. The second-order valence-electron chi connectivity index (χ2n) is 6.88. The molecule has 0 aliphatic heterocycles. The van der Waals surface area contributed by atoms with Crippen molar-refractivity contribution >= 4 is 34.7 Å². The molecule has 6 nitrogen and oxygen atoms in total. The van der Waals surface area contributed by atoms with Crippen molar-refractivity contribution in [2.45, 2.75) is 12.1 Å². The molecule has 8 heteroatoms. The third-order valence-electron chi connectivity index (χ3n) is 4.82. The molecule has 4 aromatic rings. The molecule has 2 heterocycles. The minimum absolute atomic E-state index is 0.101. The number of amides is 1. The number of hydrogen-bond acceptors (Lipinski definition) is 6. The van der Waals surface area contributed by atoms with Crippen LogP contribution in [0.1, 0.15) is 4.88 Å². The fourth-order valence-electron chi connectivity index (χ4n) is 3.26. The van der Waals surface area contributed by atoms with Gasteiger partial charge in [-0.05, 0) is 36.8 Å². The van der Waals surface area contributed by atoms with Gasteiger partial charge in [-0.25, -0.2) is 0 Å². The summed E-state index contributed by atoms with van der Waals surface area (Å²) in [6.07, 6.45) is 0. The predicted octanol–water partition coefficient (Wildman–Crippen LogP) is 5.26. The van der Waals surface area contributed by atoms with Gasteiger partial charge in [-0.15, -0.1) is 21.5 Å². The van der Waals surface area contributed by atoms with E-state index >= 15 is 0 Å². The van der Waals surface area contributed by atoms with Gasteiger partial charge in [0.15, 0.2) is 11.0 Å². The number of benzene rings is 2. The van der Waals surface area contributed by atoms with Gasteiger partial charge in [-0.2, -0.15) is 0 Å². The van der Waals surface area contributed by atoms with Crippen molar-refractivity contribution in [3.8, 4) is 28.3 Å². The van der Waals surface area contributed by atoms with Crippen LogP contribution in [0.15, 0.2) is 65.1 Å². The van der Waals surface area contributed by atoms with Crippen LogP contribution >= 0.6 is 23.1 Å². The fourth-order valence-corrected chi connectivity index (χ4v) is 4.83. The first-order valence-corrected chi connectivity index (χ1v) is 11.5. The summed E-state index contributed by atoms with van der Waals surface area (Å²) in [5, 5.41) is 14.4. The zero-order valence-corrected chi connectivity index (χ0v) is 19.1.